The molecule has 1 aromatic carbocycles. The van der Waals surface area contributed by atoms with Crippen LogP contribution in [0.3, 0.4) is 0 Å². The van der Waals surface area contributed by atoms with E-state index < -0.39 is 23.5 Å². The number of hydrogen-bond acceptors (Lipinski definition) is 2. The van der Waals surface area contributed by atoms with Crippen LogP contribution in [0.1, 0.15) is 31.7 Å². The van der Waals surface area contributed by atoms with Gasteiger partial charge in [0, 0.05) is 5.56 Å². The van der Waals surface area contributed by atoms with E-state index in [1.54, 1.807) is 13.8 Å². The van der Waals surface area contributed by atoms with E-state index in [1.165, 1.54) is 0 Å². The van der Waals surface area contributed by atoms with Gasteiger partial charge in [-0.3, -0.25) is 4.79 Å². The second-order valence-electron chi connectivity index (χ2n) is 3.38. The van der Waals surface area contributed by atoms with Gasteiger partial charge in [0.05, 0.1) is 12.5 Å². The van der Waals surface area contributed by atoms with Crippen LogP contribution in [-0.4, -0.2) is 12.6 Å². The summed E-state index contributed by atoms with van der Waals surface area (Å²) in [5.74, 6) is -2.40. The molecule has 0 saturated carbocycles. The Morgan fingerprint density at radius 1 is 1.38 bits per heavy atom. The molecule has 1 unspecified atom stereocenters. The summed E-state index contributed by atoms with van der Waals surface area (Å²) >= 11 is 0. The average molecular weight is 228 g/mol. The molecule has 4 heteroatoms. The van der Waals surface area contributed by atoms with Gasteiger partial charge in [-0.15, -0.1) is 0 Å². The fourth-order valence-electron chi connectivity index (χ4n) is 1.54. The summed E-state index contributed by atoms with van der Waals surface area (Å²) in [4.78, 5) is 11.5. The van der Waals surface area contributed by atoms with E-state index in [1.807, 2.05) is 0 Å². The fourth-order valence-corrected chi connectivity index (χ4v) is 1.54. The molecule has 2 nitrogen and oxygen atoms in total. The minimum atomic E-state index is -0.740. The molecule has 0 aliphatic heterocycles. The molecule has 0 spiro atoms. The SMILES string of the molecule is CCOC(=O)C(CC)c1cc(F)ccc1F. The Kier molecular flexibility index (Phi) is 4.40. The molecule has 0 radical (unpaired) electrons. The molecule has 0 fully saturated rings. The lowest BCUT2D eigenvalue weighted by molar-refractivity contribution is -0.145. The largest absolute Gasteiger partial charge is 0.466 e. The summed E-state index contributed by atoms with van der Waals surface area (Å²) in [6.45, 7) is 3.63. The third-order valence-corrected chi connectivity index (χ3v) is 2.31. The van der Waals surface area contributed by atoms with Crippen LogP contribution in [-0.2, 0) is 9.53 Å². The van der Waals surface area contributed by atoms with E-state index in [9.17, 15) is 13.6 Å². The first-order valence-electron chi connectivity index (χ1n) is 5.21. The summed E-state index contributed by atoms with van der Waals surface area (Å²) in [7, 11) is 0. The molecule has 0 saturated heterocycles. The van der Waals surface area contributed by atoms with Crippen molar-refractivity contribution in [3.63, 3.8) is 0 Å². The van der Waals surface area contributed by atoms with Crippen molar-refractivity contribution in [1.29, 1.82) is 0 Å². The molecule has 88 valence electrons. The van der Waals surface area contributed by atoms with E-state index >= 15 is 0 Å². The number of halogens is 2. The fraction of sp³-hybridized carbons (Fsp3) is 0.417. The van der Waals surface area contributed by atoms with Crippen LogP contribution in [0.4, 0.5) is 8.78 Å². The van der Waals surface area contributed by atoms with Crippen molar-refractivity contribution in [1.82, 2.24) is 0 Å². The highest BCUT2D eigenvalue weighted by molar-refractivity contribution is 5.78. The molecule has 0 aromatic heterocycles. The van der Waals surface area contributed by atoms with Gasteiger partial charge in [-0.2, -0.15) is 0 Å². The van der Waals surface area contributed by atoms with Gasteiger partial charge in [0.25, 0.3) is 0 Å². The highest BCUT2D eigenvalue weighted by Crippen LogP contribution is 2.24. The molecule has 0 bridgehead atoms. The summed E-state index contributed by atoms with van der Waals surface area (Å²) in [5, 5.41) is 0. The van der Waals surface area contributed by atoms with Crippen molar-refractivity contribution in [2.75, 3.05) is 6.61 Å². The van der Waals surface area contributed by atoms with Gasteiger partial charge in [0.1, 0.15) is 11.6 Å². The van der Waals surface area contributed by atoms with Gasteiger partial charge in [0.15, 0.2) is 0 Å². The van der Waals surface area contributed by atoms with Crippen LogP contribution >= 0.6 is 0 Å². The zero-order valence-corrected chi connectivity index (χ0v) is 9.30. The molecule has 0 heterocycles. The Labute approximate surface area is 93.2 Å². The van der Waals surface area contributed by atoms with Crippen molar-refractivity contribution in [3.05, 3.63) is 35.4 Å². The average Bonchev–Trinajstić information content (AvgIpc) is 2.24. The van der Waals surface area contributed by atoms with Crippen LogP contribution in [0, 0.1) is 11.6 Å². The Hall–Kier alpha value is -1.45. The summed E-state index contributed by atoms with van der Waals surface area (Å²) in [6, 6.07) is 3.09. The van der Waals surface area contributed by atoms with Crippen LogP contribution in [0.5, 0.6) is 0 Å². The number of rotatable bonds is 4. The van der Waals surface area contributed by atoms with Crippen LogP contribution in [0.2, 0.25) is 0 Å². The Balaban J connectivity index is 3.03. The predicted octanol–water partition coefficient (Wildman–Crippen LogP) is 3.02. The molecule has 0 aliphatic rings. The second-order valence-corrected chi connectivity index (χ2v) is 3.38. The lowest BCUT2D eigenvalue weighted by Gasteiger charge is -2.14. The van der Waals surface area contributed by atoms with Crippen molar-refractivity contribution in [3.8, 4) is 0 Å². The van der Waals surface area contributed by atoms with Crippen molar-refractivity contribution in [2.45, 2.75) is 26.2 Å². The standard InChI is InChI=1S/C12H14F2O2/c1-3-9(12(15)16-4-2)10-7-8(13)5-6-11(10)14/h5-7,9H,3-4H2,1-2H3. The minimum absolute atomic E-state index is 0.0564. The lowest BCUT2D eigenvalue weighted by Crippen LogP contribution is -2.16. The maximum absolute atomic E-state index is 13.4. The molecule has 1 aromatic rings. The van der Waals surface area contributed by atoms with E-state index in [0.29, 0.717) is 6.42 Å². The first-order chi connectivity index (χ1) is 7.60. The maximum Gasteiger partial charge on any atom is 0.313 e. The first kappa shape index (κ1) is 12.6. The zero-order valence-electron chi connectivity index (χ0n) is 9.30. The van der Waals surface area contributed by atoms with Gasteiger partial charge in [0.2, 0.25) is 0 Å². The maximum atomic E-state index is 13.4. The topological polar surface area (TPSA) is 26.3 Å². The number of ether oxygens (including phenoxy) is 1. The third kappa shape index (κ3) is 2.78. The Morgan fingerprint density at radius 2 is 2.06 bits per heavy atom. The summed E-state index contributed by atoms with van der Waals surface area (Å²) < 4.78 is 31.2. The van der Waals surface area contributed by atoms with Gasteiger partial charge in [-0.05, 0) is 31.5 Å². The summed E-state index contributed by atoms with van der Waals surface area (Å²) in [6.07, 6.45) is 0.374. The minimum Gasteiger partial charge on any atom is -0.466 e. The highest BCUT2D eigenvalue weighted by atomic mass is 19.1. The summed E-state index contributed by atoms with van der Waals surface area (Å²) in [5.41, 5.74) is 0.0564. The van der Waals surface area contributed by atoms with Crippen LogP contribution in [0.15, 0.2) is 18.2 Å². The third-order valence-electron chi connectivity index (χ3n) is 2.31. The van der Waals surface area contributed by atoms with Crippen molar-refractivity contribution < 1.29 is 18.3 Å². The number of benzene rings is 1. The first-order valence-corrected chi connectivity index (χ1v) is 5.21. The normalized spacial score (nSPS) is 12.2. The van der Waals surface area contributed by atoms with Gasteiger partial charge < -0.3 is 4.74 Å². The number of hydrogen-bond donors (Lipinski definition) is 0. The molecule has 16 heavy (non-hydrogen) atoms. The highest BCUT2D eigenvalue weighted by Gasteiger charge is 2.23. The number of carbonyl (C=O) groups is 1. The monoisotopic (exact) mass is 228 g/mol. The number of esters is 1. The quantitative estimate of drug-likeness (QED) is 0.740. The molecule has 0 aliphatic carbocycles. The second kappa shape index (κ2) is 5.58. The predicted molar refractivity (Wildman–Crippen MR) is 56.0 cm³/mol. The smallest absolute Gasteiger partial charge is 0.313 e. The van der Waals surface area contributed by atoms with E-state index in [0.717, 1.165) is 18.2 Å². The van der Waals surface area contributed by atoms with Crippen LogP contribution in [0.25, 0.3) is 0 Å². The lowest BCUT2D eigenvalue weighted by atomic mass is 9.96. The zero-order chi connectivity index (χ0) is 12.1. The molecular formula is C12H14F2O2. The number of carbonyl (C=O) groups excluding carboxylic acids is 1. The molecular weight excluding hydrogens is 214 g/mol. The molecule has 1 atom stereocenters. The molecule has 0 amide bonds. The molecule has 0 N–H and O–H groups in total. The van der Waals surface area contributed by atoms with Crippen molar-refractivity contribution in [2.24, 2.45) is 0 Å². The Bertz CT molecular complexity index is 377. The van der Waals surface area contributed by atoms with E-state index in [-0.39, 0.29) is 12.2 Å². The Morgan fingerprint density at radius 3 is 2.62 bits per heavy atom. The van der Waals surface area contributed by atoms with Gasteiger partial charge >= 0.3 is 5.97 Å². The van der Waals surface area contributed by atoms with E-state index in [2.05, 4.69) is 0 Å². The van der Waals surface area contributed by atoms with Gasteiger partial charge in [-0.25, -0.2) is 8.78 Å². The van der Waals surface area contributed by atoms with Gasteiger partial charge in [-0.1, -0.05) is 6.92 Å². The van der Waals surface area contributed by atoms with E-state index in [4.69, 9.17) is 4.74 Å². The van der Waals surface area contributed by atoms with Crippen molar-refractivity contribution >= 4 is 5.97 Å². The van der Waals surface area contributed by atoms with Crippen LogP contribution < -0.4 is 0 Å². The molecule has 1 rings (SSSR count).